The molecule has 21 heavy (non-hydrogen) atoms. The van der Waals surface area contributed by atoms with Crippen molar-refractivity contribution in [3.63, 3.8) is 0 Å². The Morgan fingerprint density at radius 2 is 1.95 bits per heavy atom. The standard InChI is InChI=1S/C12H13F3N2O3S/c13-12(14,15)8-16-11(18)7-17-10-4-2-1-3-9(10)5-6-21(17,19)20/h1-4H,5-8H2,(H,16,18). The molecule has 0 saturated heterocycles. The van der Waals surface area contributed by atoms with Crippen LogP contribution in [0.1, 0.15) is 5.56 Å². The van der Waals surface area contributed by atoms with E-state index in [0.29, 0.717) is 12.1 Å². The van der Waals surface area contributed by atoms with Gasteiger partial charge in [-0.1, -0.05) is 18.2 Å². The number of nitrogens with zero attached hydrogens (tertiary/aromatic N) is 1. The van der Waals surface area contributed by atoms with Crippen molar-refractivity contribution in [2.24, 2.45) is 0 Å². The summed E-state index contributed by atoms with van der Waals surface area (Å²) in [6.45, 7) is -2.14. The lowest BCUT2D eigenvalue weighted by Gasteiger charge is -2.30. The fraction of sp³-hybridized carbons (Fsp3) is 0.417. The second-order valence-electron chi connectivity index (χ2n) is 4.59. The minimum Gasteiger partial charge on any atom is -0.345 e. The summed E-state index contributed by atoms with van der Waals surface area (Å²) in [4.78, 5) is 11.5. The summed E-state index contributed by atoms with van der Waals surface area (Å²) in [6.07, 6.45) is -4.21. The molecule has 0 saturated carbocycles. The van der Waals surface area contributed by atoms with Crippen LogP contribution in [0.4, 0.5) is 18.9 Å². The molecule has 5 nitrogen and oxygen atoms in total. The molecule has 0 fully saturated rings. The van der Waals surface area contributed by atoms with Gasteiger partial charge in [-0.3, -0.25) is 9.10 Å². The number of anilines is 1. The quantitative estimate of drug-likeness (QED) is 0.905. The van der Waals surface area contributed by atoms with Gasteiger partial charge in [-0.05, 0) is 18.1 Å². The van der Waals surface area contributed by atoms with Crippen LogP contribution in [0.5, 0.6) is 0 Å². The number of benzene rings is 1. The minimum atomic E-state index is -4.53. The monoisotopic (exact) mass is 322 g/mol. The van der Waals surface area contributed by atoms with Gasteiger partial charge in [-0.15, -0.1) is 0 Å². The van der Waals surface area contributed by atoms with Crippen LogP contribution in [0.3, 0.4) is 0 Å². The van der Waals surface area contributed by atoms with Crippen molar-refractivity contribution in [1.29, 1.82) is 0 Å². The molecule has 0 unspecified atom stereocenters. The van der Waals surface area contributed by atoms with E-state index in [9.17, 15) is 26.4 Å². The lowest BCUT2D eigenvalue weighted by atomic mass is 10.1. The molecular weight excluding hydrogens is 309 g/mol. The Bertz CT molecular complexity index is 643. The number of aryl methyl sites for hydroxylation is 1. The van der Waals surface area contributed by atoms with Crippen LogP contribution >= 0.6 is 0 Å². The Balaban J connectivity index is 2.16. The van der Waals surface area contributed by atoms with Gasteiger partial charge in [0.1, 0.15) is 13.1 Å². The van der Waals surface area contributed by atoms with E-state index in [0.717, 1.165) is 9.87 Å². The first-order chi connectivity index (χ1) is 9.69. The zero-order valence-corrected chi connectivity index (χ0v) is 11.7. The van der Waals surface area contributed by atoms with E-state index >= 15 is 0 Å². The first-order valence-electron chi connectivity index (χ1n) is 6.11. The summed E-state index contributed by atoms with van der Waals surface area (Å²) >= 11 is 0. The van der Waals surface area contributed by atoms with Gasteiger partial charge in [-0.2, -0.15) is 13.2 Å². The van der Waals surface area contributed by atoms with E-state index in [1.54, 1.807) is 23.5 Å². The predicted octanol–water partition coefficient (Wildman–Crippen LogP) is 1.06. The number of hydrogen-bond donors (Lipinski definition) is 1. The predicted molar refractivity (Wildman–Crippen MR) is 70.3 cm³/mol. The SMILES string of the molecule is O=C(CN1c2ccccc2CCS1(=O)=O)NCC(F)(F)F. The molecule has 0 aromatic heterocycles. The molecule has 0 aliphatic carbocycles. The second-order valence-corrected chi connectivity index (χ2v) is 6.61. The molecule has 9 heteroatoms. The van der Waals surface area contributed by atoms with Crippen LogP contribution in [0, 0.1) is 0 Å². The molecule has 1 aliphatic rings. The first kappa shape index (κ1) is 15.6. The highest BCUT2D eigenvalue weighted by Gasteiger charge is 2.32. The highest BCUT2D eigenvalue weighted by molar-refractivity contribution is 7.92. The van der Waals surface area contributed by atoms with E-state index in [4.69, 9.17) is 0 Å². The number of nitrogens with one attached hydrogen (secondary N) is 1. The van der Waals surface area contributed by atoms with E-state index in [2.05, 4.69) is 0 Å². The van der Waals surface area contributed by atoms with Gasteiger partial charge in [0.15, 0.2) is 0 Å². The Labute approximate surface area is 119 Å². The van der Waals surface area contributed by atoms with Crippen molar-refractivity contribution in [2.75, 3.05) is 23.1 Å². The molecule has 1 aliphatic heterocycles. The molecule has 0 atom stereocenters. The van der Waals surface area contributed by atoms with Crippen LogP contribution in [-0.2, 0) is 21.2 Å². The third-order valence-electron chi connectivity index (χ3n) is 3.00. The van der Waals surface area contributed by atoms with Crippen molar-refractivity contribution < 1.29 is 26.4 Å². The number of hydrogen-bond acceptors (Lipinski definition) is 3. The van der Waals surface area contributed by atoms with Crippen LogP contribution in [0.2, 0.25) is 0 Å². The van der Waals surface area contributed by atoms with Gasteiger partial charge >= 0.3 is 6.18 Å². The van der Waals surface area contributed by atoms with Crippen LogP contribution in [0.15, 0.2) is 24.3 Å². The van der Waals surface area contributed by atoms with Crippen molar-refractivity contribution in [1.82, 2.24) is 5.32 Å². The highest BCUT2D eigenvalue weighted by atomic mass is 32.2. The summed E-state index contributed by atoms with van der Waals surface area (Å²) in [7, 11) is -3.69. The maximum atomic E-state index is 12.0. The van der Waals surface area contributed by atoms with Gasteiger partial charge in [0.05, 0.1) is 11.4 Å². The summed E-state index contributed by atoms with van der Waals surface area (Å²) in [6, 6.07) is 6.60. The number of amides is 1. The number of para-hydroxylation sites is 1. The van der Waals surface area contributed by atoms with Gasteiger partial charge in [0.2, 0.25) is 15.9 Å². The topological polar surface area (TPSA) is 66.5 Å². The summed E-state index contributed by atoms with van der Waals surface area (Å²) in [5.41, 5.74) is 1.09. The van der Waals surface area contributed by atoms with Crippen LogP contribution in [0.25, 0.3) is 0 Å². The van der Waals surface area contributed by atoms with Crippen LogP contribution < -0.4 is 9.62 Å². The molecule has 0 radical (unpaired) electrons. The zero-order chi connectivity index (χ0) is 15.7. The fourth-order valence-electron chi connectivity index (χ4n) is 2.03. The minimum absolute atomic E-state index is 0.170. The molecular formula is C12H13F3N2O3S. The number of halogens is 3. The lowest BCUT2D eigenvalue weighted by molar-refractivity contribution is -0.137. The number of sulfonamides is 1. The molecule has 1 amide bonds. The van der Waals surface area contributed by atoms with E-state index < -0.39 is 35.2 Å². The zero-order valence-electron chi connectivity index (χ0n) is 10.9. The van der Waals surface area contributed by atoms with Crippen molar-refractivity contribution in [3.8, 4) is 0 Å². The largest absolute Gasteiger partial charge is 0.405 e. The third-order valence-corrected chi connectivity index (χ3v) is 4.72. The Kier molecular flexibility index (Phi) is 4.13. The van der Waals surface area contributed by atoms with Gasteiger partial charge < -0.3 is 5.32 Å². The summed E-state index contributed by atoms with van der Waals surface area (Å²) in [5, 5.41) is 1.67. The molecule has 2 rings (SSSR count). The maximum absolute atomic E-state index is 12.0. The third kappa shape index (κ3) is 3.87. The number of alkyl halides is 3. The van der Waals surface area contributed by atoms with Crippen molar-refractivity contribution in [2.45, 2.75) is 12.6 Å². The molecule has 1 aromatic rings. The van der Waals surface area contributed by atoms with Crippen molar-refractivity contribution in [3.05, 3.63) is 29.8 Å². The Morgan fingerprint density at radius 3 is 2.62 bits per heavy atom. The van der Waals surface area contributed by atoms with Gasteiger partial charge in [0.25, 0.3) is 0 Å². The Hall–Kier alpha value is -1.77. The van der Waals surface area contributed by atoms with Crippen molar-refractivity contribution >= 4 is 21.6 Å². The molecule has 1 heterocycles. The molecule has 0 spiro atoms. The average Bonchev–Trinajstić information content (AvgIpc) is 2.39. The molecule has 116 valence electrons. The highest BCUT2D eigenvalue weighted by Crippen LogP contribution is 2.28. The van der Waals surface area contributed by atoms with Crippen LogP contribution in [-0.4, -0.2) is 39.3 Å². The number of carbonyl (C=O) groups is 1. The average molecular weight is 322 g/mol. The van der Waals surface area contributed by atoms with Gasteiger partial charge in [-0.25, -0.2) is 8.42 Å². The fourth-order valence-corrected chi connectivity index (χ4v) is 3.52. The smallest absolute Gasteiger partial charge is 0.345 e. The summed E-state index contributed by atoms with van der Waals surface area (Å²) < 4.78 is 61.0. The number of carbonyl (C=O) groups excluding carboxylic acids is 1. The Morgan fingerprint density at radius 1 is 1.29 bits per heavy atom. The maximum Gasteiger partial charge on any atom is 0.405 e. The molecule has 0 bridgehead atoms. The van der Waals surface area contributed by atoms with E-state index in [1.165, 1.54) is 6.07 Å². The van der Waals surface area contributed by atoms with E-state index in [-0.39, 0.29) is 5.75 Å². The normalized spacial score (nSPS) is 17.2. The van der Waals surface area contributed by atoms with E-state index in [1.807, 2.05) is 0 Å². The van der Waals surface area contributed by atoms with Gasteiger partial charge in [0, 0.05) is 0 Å². The lowest BCUT2D eigenvalue weighted by Crippen LogP contribution is -2.46. The first-order valence-corrected chi connectivity index (χ1v) is 7.72. The number of fused-ring (bicyclic) bond motifs is 1. The molecule has 1 N–H and O–H groups in total. The molecule has 1 aromatic carbocycles. The summed E-state index contributed by atoms with van der Waals surface area (Å²) in [5.74, 6) is -1.16. The number of rotatable bonds is 3. The second kappa shape index (κ2) is 5.55.